The molecule has 3 rings (SSSR count). The molecule has 3 N–H and O–H groups in total. The van der Waals surface area contributed by atoms with E-state index in [1.165, 1.54) is 18.6 Å². The molecule has 126 valence electrons. The summed E-state index contributed by atoms with van der Waals surface area (Å²) < 4.78 is 13.1. The molecule has 0 aromatic heterocycles. The number of nitrogens with one attached hydrogen (secondary N) is 2. The minimum absolute atomic E-state index is 0.100. The number of hydrogen-bond donors (Lipinski definition) is 3. The fraction of sp³-hybridized carbons (Fsp3) is 0.588. The van der Waals surface area contributed by atoms with Crippen molar-refractivity contribution in [2.45, 2.75) is 37.3 Å². The first-order valence-electron chi connectivity index (χ1n) is 8.16. The molecule has 2 aliphatic rings. The van der Waals surface area contributed by atoms with E-state index in [1.54, 1.807) is 23.9 Å². The monoisotopic (exact) mass is 338 g/mol. The molecule has 1 heterocycles. The molecule has 1 aliphatic heterocycles. The fourth-order valence-electron chi connectivity index (χ4n) is 3.09. The van der Waals surface area contributed by atoms with E-state index in [0.29, 0.717) is 18.1 Å². The molecular weight excluding hydrogens is 315 g/mol. The van der Waals surface area contributed by atoms with Gasteiger partial charge in [0.25, 0.3) is 0 Å². The topological polar surface area (TPSA) is 61.4 Å². The van der Waals surface area contributed by atoms with Crippen LogP contribution in [0.2, 0.25) is 0 Å². The Morgan fingerprint density at radius 3 is 2.70 bits per heavy atom. The van der Waals surface area contributed by atoms with Crippen LogP contribution < -0.4 is 10.6 Å². The molecule has 2 atom stereocenters. The van der Waals surface area contributed by atoms with Crippen molar-refractivity contribution < 1.29 is 14.3 Å². The predicted molar refractivity (Wildman–Crippen MR) is 89.9 cm³/mol. The van der Waals surface area contributed by atoms with Crippen LogP contribution in [0.15, 0.2) is 24.3 Å². The van der Waals surface area contributed by atoms with Crippen molar-refractivity contribution in [1.82, 2.24) is 10.6 Å². The van der Waals surface area contributed by atoms with Crippen LogP contribution in [-0.2, 0) is 0 Å². The van der Waals surface area contributed by atoms with E-state index >= 15 is 0 Å². The van der Waals surface area contributed by atoms with Crippen LogP contribution in [-0.4, -0.2) is 34.8 Å². The number of rotatable bonds is 5. The molecule has 1 saturated carbocycles. The van der Waals surface area contributed by atoms with Gasteiger partial charge >= 0.3 is 6.03 Å². The van der Waals surface area contributed by atoms with Crippen LogP contribution in [0.5, 0.6) is 0 Å². The van der Waals surface area contributed by atoms with Crippen molar-refractivity contribution in [3.8, 4) is 0 Å². The number of thioether (sulfide) groups is 1. The molecule has 0 spiro atoms. The van der Waals surface area contributed by atoms with Gasteiger partial charge in [-0.3, -0.25) is 0 Å². The molecule has 1 aromatic carbocycles. The van der Waals surface area contributed by atoms with Gasteiger partial charge in [0, 0.05) is 12.3 Å². The number of aliphatic hydroxyl groups is 1. The standard InChI is InChI=1S/C17H23FN2O2S/c18-14-6-4-13(5-7-14)15(12-2-1-3-12)20-16(21)19-10-17(22)8-9-23-11-17/h4-7,12,15,22H,1-3,8-11H2,(H2,19,20,21). The highest BCUT2D eigenvalue weighted by Gasteiger charge is 2.33. The summed E-state index contributed by atoms with van der Waals surface area (Å²) in [6, 6.07) is 5.96. The smallest absolute Gasteiger partial charge is 0.315 e. The van der Waals surface area contributed by atoms with Crippen molar-refractivity contribution in [1.29, 1.82) is 0 Å². The maximum atomic E-state index is 13.1. The van der Waals surface area contributed by atoms with Gasteiger partial charge in [0.1, 0.15) is 5.82 Å². The zero-order chi connectivity index (χ0) is 16.3. The van der Waals surface area contributed by atoms with Crippen molar-refractivity contribution >= 4 is 17.8 Å². The van der Waals surface area contributed by atoms with Gasteiger partial charge in [-0.2, -0.15) is 11.8 Å². The Morgan fingerprint density at radius 1 is 1.39 bits per heavy atom. The molecule has 2 fully saturated rings. The number of carbonyl (C=O) groups is 1. The summed E-state index contributed by atoms with van der Waals surface area (Å²) in [6.07, 6.45) is 4.02. The summed E-state index contributed by atoms with van der Waals surface area (Å²) in [5, 5.41) is 16.1. The summed E-state index contributed by atoms with van der Waals surface area (Å²) in [6.45, 7) is 0.270. The van der Waals surface area contributed by atoms with Gasteiger partial charge in [0.05, 0.1) is 11.6 Å². The zero-order valence-electron chi connectivity index (χ0n) is 13.1. The molecular formula is C17H23FN2O2S. The van der Waals surface area contributed by atoms with Gasteiger partial charge in [-0.1, -0.05) is 18.6 Å². The highest BCUT2D eigenvalue weighted by Crippen LogP contribution is 2.37. The summed E-state index contributed by atoms with van der Waals surface area (Å²) in [4.78, 5) is 12.2. The highest BCUT2D eigenvalue weighted by atomic mass is 32.2. The lowest BCUT2D eigenvalue weighted by Crippen LogP contribution is -2.48. The molecule has 4 nitrogen and oxygen atoms in total. The highest BCUT2D eigenvalue weighted by molar-refractivity contribution is 7.99. The predicted octanol–water partition coefficient (Wildman–Crippen LogP) is 2.83. The number of carbonyl (C=O) groups excluding carboxylic acids is 1. The molecule has 0 bridgehead atoms. The number of urea groups is 1. The van der Waals surface area contributed by atoms with Gasteiger partial charge in [-0.15, -0.1) is 0 Å². The van der Waals surface area contributed by atoms with Gasteiger partial charge < -0.3 is 15.7 Å². The van der Waals surface area contributed by atoms with E-state index in [9.17, 15) is 14.3 Å². The Balaban J connectivity index is 1.59. The third-order valence-corrected chi connectivity index (χ3v) is 6.03. The van der Waals surface area contributed by atoms with Crippen molar-refractivity contribution in [3.05, 3.63) is 35.6 Å². The maximum Gasteiger partial charge on any atom is 0.315 e. The first-order valence-corrected chi connectivity index (χ1v) is 9.31. The quantitative estimate of drug-likeness (QED) is 0.774. The molecule has 23 heavy (non-hydrogen) atoms. The largest absolute Gasteiger partial charge is 0.387 e. The Kier molecular flexibility index (Phi) is 5.11. The Bertz CT molecular complexity index is 542. The first-order chi connectivity index (χ1) is 11.1. The second-order valence-corrected chi connectivity index (χ2v) is 7.68. The van der Waals surface area contributed by atoms with Crippen molar-refractivity contribution in [2.24, 2.45) is 5.92 Å². The lowest BCUT2D eigenvalue weighted by Gasteiger charge is -2.35. The van der Waals surface area contributed by atoms with Crippen LogP contribution in [0, 0.1) is 11.7 Å². The summed E-state index contributed by atoms with van der Waals surface area (Å²) in [5.41, 5.74) is 0.144. The average Bonchev–Trinajstić information content (AvgIpc) is 2.91. The van der Waals surface area contributed by atoms with E-state index in [0.717, 1.165) is 24.2 Å². The number of halogens is 1. The van der Waals surface area contributed by atoms with Crippen LogP contribution >= 0.6 is 11.8 Å². The molecule has 1 saturated heterocycles. The van der Waals surface area contributed by atoms with Crippen LogP contribution in [0.3, 0.4) is 0 Å². The second kappa shape index (κ2) is 7.09. The van der Waals surface area contributed by atoms with E-state index in [1.807, 2.05) is 0 Å². The van der Waals surface area contributed by atoms with Gasteiger partial charge in [-0.05, 0) is 48.6 Å². The van der Waals surface area contributed by atoms with Gasteiger partial charge in [0.15, 0.2) is 0 Å². The summed E-state index contributed by atoms with van der Waals surface area (Å²) >= 11 is 1.71. The maximum absolute atomic E-state index is 13.1. The van der Waals surface area contributed by atoms with Crippen LogP contribution in [0.4, 0.5) is 9.18 Å². The SMILES string of the molecule is O=C(NCC1(O)CCSC1)NC(c1ccc(F)cc1)C1CCC1. The lowest BCUT2D eigenvalue weighted by atomic mass is 9.77. The third kappa shape index (κ3) is 4.18. The number of benzene rings is 1. The lowest BCUT2D eigenvalue weighted by molar-refractivity contribution is 0.0696. The van der Waals surface area contributed by atoms with E-state index in [-0.39, 0.29) is 24.4 Å². The minimum Gasteiger partial charge on any atom is -0.387 e. The molecule has 6 heteroatoms. The molecule has 1 aliphatic carbocycles. The Labute approximate surface area is 140 Å². The molecule has 2 amide bonds. The molecule has 0 radical (unpaired) electrons. The van der Waals surface area contributed by atoms with Crippen LogP contribution in [0.1, 0.15) is 37.3 Å². The zero-order valence-corrected chi connectivity index (χ0v) is 13.9. The van der Waals surface area contributed by atoms with Gasteiger partial charge in [-0.25, -0.2) is 9.18 Å². The first kappa shape index (κ1) is 16.6. The number of hydrogen-bond acceptors (Lipinski definition) is 3. The summed E-state index contributed by atoms with van der Waals surface area (Å²) in [5.74, 6) is 1.72. The van der Waals surface area contributed by atoms with E-state index in [2.05, 4.69) is 10.6 Å². The Hall–Kier alpha value is -1.27. The normalized spacial score (nSPS) is 25.7. The third-order valence-electron chi connectivity index (χ3n) is 4.80. The minimum atomic E-state index is -0.788. The fourth-order valence-corrected chi connectivity index (χ4v) is 4.38. The Morgan fingerprint density at radius 2 is 2.13 bits per heavy atom. The van der Waals surface area contributed by atoms with E-state index < -0.39 is 5.60 Å². The van der Waals surface area contributed by atoms with Gasteiger partial charge in [0.2, 0.25) is 0 Å². The van der Waals surface area contributed by atoms with Crippen molar-refractivity contribution in [2.75, 3.05) is 18.1 Å². The average molecular weight is 338 g/mol. The molecule has 2 unspecified atom stereocenters. The number of amides is 2. The second-order valence-electron chi connectivity index (χ2n) is 6.57. The van der Waals surface area contributed by atoms with Crippen LogP contribution in [0.25, 0.3) is 0 Å². The summed E-state index contributed by atoms with van der Waals surface area (Å²) in [7, 11) is 0. The van der Waals surface area contributed by atoms with E-state index in [4.69, 9.17) is 0 Å². The molecule has 1 aromatic rings. The van der Waals surface area contributed by atoms with Crippen molar-refractivity contribution in [3.63, 3.8) is 0 Å².